The quantitative estimate of drug-likeness (QED) is 0.876. The molecule has 0 saturated carbocycles. The number of rotatable bonds is 1. The summed E-state index contributed by atoms with van der Waals surface area (Å²) in [6.45, 7) is 3.33. The van der Waals surface area contributed by atoms with Crippen LogP contribution in [0.25, 0.3) is 10.8 Å². The number of amides is 1. The Labute approximate surface area is 120 Å². The fourth-order valence-electron chi connectivity index (χ4n) is 2.43. The van der Waals surface area contributed by atoms with E-state index in [1.54, 1.807) is 0 Å². The fourth-order valence-corrected chi connectivity index (χ4v) is 2.94. The summed E-state index contributed by atoms with van der Waals surface area (Å²) in [7, 11) is 0. The first-order valence-corrected chi connectivity index (χ1v) is 7.23. The maximum Gasteiger partial charge on any atom is 0.253 e. The molecule has 3 rings (SSSR count). The predicted molar refractivity (Wildman–Crippen MR) is 80.4 cm³/mol. The fraction of sp³-hybridized carbons (Fsp3) is 0.267. The number of fused-ring (bicyclic) bond motifs is 1. The van der Waals surface area contributed by atoms with E-state index in [0.29, 0.717) is 0 Å². The van der Waals surface area contributed by atoms with Crippen molar-refractivity contribution in [3.63, 3.8) is 0 Å². The summed E-state index contributed by atoms with van der Waals surface area (Å²) in [6.07, 6.45) is 0. The average molecular weight is 319 g/mol. The summed E-state index contributed by atoms with van der Waals surface area (Å²) >= 11 is 3.53. The van der Waals surface area contributed by atoms with Gasteiger partial charge in [-0.1, -0.05) is 34.1 Å². The summed E-state index contributed by atoms with van der Waals surface area (Å²) in [5.41, 5.74) is 0.771. The molecule has 2 aromatic carbocycles. The molecule has 1 saturated heterocycles. The molecule has 0 aromatic heterocycles. The van der Waals surface area contributed by atoms with Crippen molar-refractivity contribution in [2.75, 3.05) is 26.2 Å². The number of hydrogen-bond acceptors (Lipinski definition) is 2. The Hall–Kier alpha value is -1.39. The zero-order chi connectivity index (χ0) is 13.2. The van der Waals surface area contributed by atoms with Crippen molar-refractivity contribution in [2.45, 2.75) is 0 Å². The molecule has 0 unspecified atom stereocenters. The zero-order valence-corrected chi connectivity index (χ0v) is 12.1. The van der Waals surface area contributed by atoms with Gasteiger partial charge in [0.05, 0.1) is 0 Å². The zero-order valence-electron chi connectivity index (χ0n) is 10.5. The highest BCUT2D eigenvalue weighted by atomic mass is 79.9. The van der Waals surface area contributed by atoms with Crippen LogP contribution in [0.15, 0.2) is 40.9 Å². The van der Waals surface area contributed by atoms with Crippen molar-refractivity contribution >= 4 is 32.6 Å². The Morgan fingerprint density at radius 3 is 2.74 bits per heavy atom. The van der Waals surface area contributed by atoms with Gasteiger partial charge >= 0.3 is 0 Å². The Morgan fingerprint density at radius 2 is 1.95 bits per heavy atom. The van der Waals surface area contributed by atoms with Gasteiger partial charge in [0.25, 0.3) is 5.91 Å². The van der Waals surface area contributed by atoms with Gasteiger partial charge in [-0.05, 0) is 29.0 Å². The van der Waals surface area contributed by atoms with E-state index in [1.165, 1.54) is 0 Å². The van der Waals surface area contributed by atoms with E-state index in [4.69, 9.17) is 0 Å². The van der Waals surface area contributed by atoms with Gasteiger partial charge in [0.2, 0.25) is 0 Å². The van der Waals surface area contributed by atoms with E-state index in [-0.39, 0.29) is 5.91 Å². The average Bonchev–Trinajstić information content (AvgIpc) is 2.47. The second kappa shape index (κ2) is 5.31. The topological polar surface area (TPSA) is 32.3 Å². The van der Waals surface area contributed by atoms with Gasteiger partial charge < -0.3 is 10.2 Å². The van der Waals surface area contributed by atoms with E-state index in [1.807, 2.05) is 41.3 Å². The molecule has 1 aliphatic heterocycles. The second-order valence-corrected chi connectivity index (χ2v) is 5.57. The number of halogens is 1. The molecule has 0 radical (unpaired) electrons. The molecule has 0 atom stereocenters. The number of carbonyl (C=O) groups excluding carboxylic acids is 1. The van der Waals surface area contributed by atoms with E-state index < -0.39 is 0 Å². The SMILES string of the molecule is O=C(c1ccc2c(Br)cccc2c1)N1CCNCC1. The van der Waals surface area contributed by atoms with Crippen LogP contribution in [0.4, 0.5) is 0 Å². The molecule has 2 aromatic rings. The summed E-state index contributed by atoms with van der Waals surface area (Å²) in [5.74, 6) is 0.128. The Balaban J connectivity index is 1.94. The third kappa shape index (κ3) is 2.51. The first kappa shape index (κ1) is 12.6. The smallest absolute Gasteiger partial charge is 0.253 e. The van der Waals surface area contributed by atoms with Crippen LogP contribution in [0.2, 0.25) is 0 Å². The Bertz CT molecular complexity index is 621. The number of hydrogen-bond donors (Lipinski definition) is 1. The van der Waals surface area contributed by atoms with Gasteiger partial charge in [-0.2, -0.15) is 0 Å². The van der Waals surface area contributed by atoms with Crippen molar-refractivity contribution in [3.8, 4) is 0 Å². The van der Waals surface area contributed by atoms with E-state index in [9.17, 15) is 4.79 Å². The van der Waals surface area contributed by atoms with Gasteiger partial charge in [-0.15, -0.1) is 0 Å². The monoisotopic (exact) mass is 318 g/mol. The molecule has 1 heterocycles. The lowest BCUT2D eigenvalue weighted by atomic mass is 10.1. The third-order valence-corrected chi connectivity index (χ3v) is 4.17. The summed E-state index contributed by atoms with van der Waals surface area (Å²) in [4.78, 5) is 14.3. The summed E-state index contributed by atoms with van der Waals surface area (Å²) < 4.78 is 1.06. The third-order valence-electron chi connectivity index (χ3n) is 3.48. The molecule has 1 fully saturated rings. The standard InChI is InChI=1S/C15H15BrN2O/c16-14-3-1-2-11-10-12(4-5-13(11)14)15(19)18-8-6-17-7-9-18/h1-5,10,17H,6-9H2. The van der Waals surface area contributed by atoms with Crippen LogP contribution < -0.4 is 5.32 Å². The lowest BCUT2D eigenvalue weighted by Gasteiger charge is -2.27. The molecular weight excluding hydrogens is 304 g/mol. The van der Waals surface area contributed by atoms with Gasteiger partial charge in [0.15, 0.2) is 0 Å². The van der Waals surface area contributed by atoms with E-state index in [0.717, 1.165) is 47.0 Å². The molecule has 0 bridgehead atoms. The number of nitrogens with zero attached hydrogens (tertiary/aromatic N) is 1. The first-order chi connectivity index (χ1) is 9.25. The molecule has 19 heavy (non-hydrogen) atoms. The van der Waals surface area contributed by atoms with Crippen molar-refractivity contribution in [1.29, 1.82) is 0 Å². The normalized spacial score (nSPS) is 15.7. The van der Waals surface area contributed by atoms with Crippen LogP contribution in [-0.2, 0) is 0 Å². The van der Waals surface area contributed by atoms with E-state index in [2.05, 4.69) is 21.2 Å². The number of piperazine rings is 1. The molecule has 1 amide bonds. The maximum absolute atomic E-state index is 12.4. The molecule has 1 N–H and O–H groups in total. The Kier molecular flexibility index (Phi) is 3.53. The minimum Gasteiger partial charge on any atom is -0.336 e. The maximum atomic E-state index is 12.4. The van der Waals surface area contributed by atoms with Crippen molar-refractivity contribution in [2.24, 2.45) is 0 Å². The van der Waals surface area contributed by atoms with Crippen LogP contribution in [0, 0.1) is 0 Å². The highest BCUT2D eigenvalue weighted by Gasteiger charge is 2.18. The minimum absolute atomic E-state index is 0.128. The van der Waals surface area contributed by atoms with Crippen LogP contribution in [-0.4, -0.2) is 37.0 Å². The van der Waals surface area contributed by atoms with Crippen molar-refractivity contribution in [1.82, 2.24) is 10.2 Å². The summed E-state index contributed by atoms with van der Waals surface area (Å²) in [5, 5.41) is 5.49. The number of nitrogens with one attached hydrogen (secondary N) is 1. The molecule has 0 aliphatic carbocycles. The van der Waals surface area contributed by atoms with Gasteiger partial charge in [-0.25, -0.2) is 0 Å². The number of benzene rings is 2. The van der Waals surface area contributed by atoms with Gasteiger partial charge in [0.1, 0.15) is 0 Å². The van der Waals surface area contributed by atoms with Crippen LogP contribution in [0.1, 0.15) is 10.4 Å². The van der Waals surface area contributed by atoms with E-state index >= 15 is 0 Å². The molecule has 98 valence electrons. The minimum atomic E-state index is 0.128. The molecule has 3 nitrogen and oxygen atoms in total. The molecular formula is C15H15BrN2O. The first-order valence-electron chi connectivity index (χ1n) is 6.44. The lowest BCUT2D eigenvalue weighted by molar-refractivity contribution is 0.0736. The summed E-state index contributed by atoms with van der Waals surface area (Å²) in [6, 6.07) is 11.9. The molecule has 1 aliphatic rings. The van der Waals surface area contributed by atoms with Gasteiger partial charge in [-0.3, -0.25) is 4.79 Å². The molecule has 0 spiro atoms. The van der Waals surface area contributed by atoms with Crippen LogP contribution in [0.3, 0.4) is 0 Å². The van der Waals surface area contributed by atoms with Crippen LogP contribution in [0.5, 0.6) is 0 Å². The van der Waals surface area contributed by atoms with Crippen molar-refractivity contribution in [3.05, 3.63) is 46.4 Å². The second-order valence-electron chi connectivity index (χ2n) is 4.72. The highest BCUT2D eigenvalue weighted by Crippen LogP contribution is 2.25. The molecule has 4 heteroatoms. The lowest BCUT2D eigenvalue weighted by Crippen LogP contribution is -2.46. The highest BCUT2D eigenvalue weighted by molar-refractivity contribution is 9.10. The largest absolute Gasteiger partial charge is 0.336 e. The van der Waals surface area contributed by atoms with Crippen molar-refractivity contribution < 1.29 is 4.79 Å². The Morgan fingerprint density at radius 1 is 1.16 bits per heavy atom. The predicted octanol–water partition coefficient (Wildman–Crippen LogP) is 2.65. The number of carbonyl (C=O) groups is 1. The van der Waals surface area contributed by atoms with Gasteiger partial charge in [0, 0.05) is 36.2 Å². The van der Waals surface area contributed by atoms with Crippen LogP contribution >= 0.6 is 15.9 Å².